The van der Waals surface area contributed by atoms with Crippen molar-refractivity contribution in [1.82, 2.24) is 14.5 Å². The van der Waals surface area contributed by atoms with E-state index in [4.69, 9.17) is 5.73 Å². The van der Waals surface area contributed by atoms with Gasteiger partial charge >= 0.3 is 0 Å². The fraction of sp³-hybridized carbons (Fsp3) is 0.147. The minimum atomic E-state index is -0.500. The van der Waals surface area contributed by atoms with Crippen LogP contribution in [0.1, 0.15) is 16.7 Å². The van der Waals surface area contributed by atoms with Crippen LogP contribution in [0.5, 0.6) is 0 Å². The third kappa shape index (κ3) is 4.08. The second-order valence-electron chi connectivity index (χ2n) is 9.65. The molecule has 38 heavy (non-hydrogen) atoms. The lowest BCUT2D eigenvalue weighted by Crippen LogP contribution is -2.51. The summed E-state index contributed by atoms with van der Waals surface area (Å²) in [5.41, 5.74) is 11.9. The maximum Gasteiger partial charge on any atom is 0.0974 e. The Balaban J connectivity index is 1.54. The van der Waals surface area contributed by atoms with Crippen LogP contribution in [0.15, 0.2) is 134 Å². The summed E-state index contributed by atoms with van der Waals surface area (Å²) in [4.78, 5) is 7.03. The third-order valence-electron chi connectivity index (χ3n) is 7.62. The van der Waals surface area contributed by atoms with E-state index in [0.717, 1.165) is 25.2 Å². The Morgan fingerprint density at radius 2 is 1.13 bits per heavy atom. The van der Waals surface area contributed by atoms with Gasteiger partial charge in [0.05, 0.1) is 17.3 Å². The Kier molecular flexibility index (Phi) is 6.74. The van der Waals surface area contributed by atoms with Crippen LogP contribution < -0.4 is 5.73 Å². The van der Waals surface area contributed by atoms with Crippen molar-refractivity contribution in [2.75, 3.05) is 19.6 Å². The van der Waals surface area contributed by atoms with E-state index in [-0.39, 0.29) is 0 Å². The van der Waals surface area contributed by atoms with E-state index >= 15 is 0 Å². The van der Waals surface area contributed by atoms with Crippen LogP contribution in [0.25, 0.3) is 21.8 Å². The van der Waals surface area contributed by atoms with Crippen molar-refractivity contribution in [2.24, 2.45) is 5.73 Å². The highest BCUT2D eigenvalue weighted by Crippen LogP contribution is 2.42. The molecule has 0 saturated carbocycles. The monoisotopic (exact) mass is 496 g/mol. The number of nitrogens with two attached hydrogens (primary N) is 1. The lowest BCUT2D eigenvalue weighted by atomic mass is 9.75. The van der Waals surface area contributed by atoms with E-state index in [1.54, 1.807) is 0 Å². The predicted molar refractivity (Wildman–Crippen MR) is 157 cm³/mol. The third-order valence-corrected chi connectivity index (χ3v) is 7.62. The first-order valence-electron chi connectivity index (χ1n) is 13.3. The Labute approximate surface area is 224 Å². The quantitative estimate of drug-likeness (QED) is 0.234. The molecule has 4 aromatic carbocycles. The molecule has 0 amide bonds. The summed E-state index contributed by atoms with van der Waals surface area (Å²) in [5, 5.41) is 2.50. The van der Waals surface area contributed by atoms with Crippen LogP contribution in [0.3, 0.4) is 0 Å². The molecule has 2 heterocycles. The second-order valence-corrected chi connectivity index (χ2v) is 9.65. The van der Waals surface area contributed by atoms with E-state index in [1.165, 1.54) is 33.0 Å². The molecule has 0 aliphatic rings. The molecule has 2 N–H and O–H groups in total. The summed E-state index contributed by atoms with van der Waals surface area (Å²) in [5.74, 6) is 0. The van der Waals surface area contributed by atoms with Crippen LogP contribution in [0.2, 0.25) is 0 Å². The van der Waals surface area contributed by atoms with E-state index in [1.807, 2.05) is 12.4 Å². The molecule has 0 fully saturated rings. The molecule has 4 heteroatoms. The molecule has 0 aliphatic carbocycles. The van der Waals surface area contributed by atoms with Crippen molar-refractivity contribution in [1.29, 1.82) is 0 Å². The number of hydrogen-bond donors (Lipinski definition) is 1. The first-order chi connectivity index (χ1) is 18.8. The van der Waals surface area contributed by atoms with Gasteiger partial charge in [-0.15, -0.1) is 0 Å². The second kappa shape index (κ2) is 10.6. The van der Waals surface area contributed by atoms with Gasteiger partial charge < -0.3 is 10.3 Å². The maximum atomic E-state index is 6.33. The highest BCUT2D eigenvalue weighted by Gasteiger charge is 2.41. The molecular formula is C34H32N4. The first-order valence-corrected chi connectivity index (χ1v) is 13.3. The molecule has 188 valence electrons. The van der Waals surface area contributed by atoms with Gasteiger partial charge in [-0.1, -0.05) is 109 Å². The summed E-state index contributed by atoms with van der Waals surface area (Å²) < 4.78 is 2.41. The topological polar surface area (TPSA) is 47.1 Å². The van der Waals surface area contributed by atoms with Gasteiger partial charge in [-0.3, -0.25) is 9.88 Å². The molecule has 0 spiro atoms. The lowest BCUT2D eigenvalue weighted by Gasteiger charge is -2.46. The standard InChI is InChI=1S/C34H32N4/c35-21-23-37(24-25-38-32-19-11-10-18-30(32)31-20-22-36-26-33(31)38)34(27-12-4-1-5-13-27,28-14-6-2-7-15-28)29-16-8-3-9-17-29/h1-20,22,26H,21,23-25,35H2. The largest absolute Gasteiger partial charge is 0.338 e. The number of benzene rings is 4. The number of para-hydroxylation sites is 1. The van der Waals surface area contributed by atoms with Gasteiger partial charge in [0.1, 0.15) is 0 Å². The Morgan fingerprint density at radius 3 is 1.71 bits per heavy atom. The number of aromatic nitrogens is 2. The Morgan fingerprint density at radius 1 is 0.605 bits per heavy atom. The van der Waals surface area contributed by atoms with Crippen LogP contribution in [0, 0.1) is 0 Å². The molecule has 0 saturated heterocycles. The highest BCUT2D eigenvalue weighted by molar-refractivity contribution is 6.07. The molecule has 4 nitrogen and oxygen atoms in total. The first kappa shape index (κ1) is 24.1. The van der Waals surface area contributed by atoms with Gasteiger partial charge in [-0.05, 0) is 28.8 Å². The summed E-state index contributed by atoms with van der Waals surface area (Å²) in [7, 11) is 0. The van der Waals surface area contributed by atoms with Crippen molar-refractivity contribution < 1.29 is 0 Å². The minimum absolute atomic E-state index is 0.500. The van der Waals surface area contributed by atoms with Crippen molar-refractivity contribution >= 4 is 21.8 Å². The average molecular weight is 497 g/mol. The molecule has 0 bridgehead atoms. The van der Waals surface area contributed by atoms with Gasteiger partial charge in [0, 0.05) is 48.7 Å². The zero-order valence-corrected chi connectivity index (χ0v) is 21.4. The van der Waals surface area contributed by atoms with Crippen LogP contribution in [-0.4, -0.2) is 34.1 Å². The maximum absolute atomic E-state index is 6.33. The van der Waals surface area contributed by atoms with Crippen molar-refractivity contribution in [3.05, 3.63) is 150 Å². The van der Waals surface area contributed by atoms with Gasteiger partial charge in [0.25, 0.3) is 0 Å². The molecule has 6 rings (SSSR count). The molecule has 2 aromatic heterocycles. The van der Waals surface area contributed by atoms with E-state index in [9.17, 15) is 0 Å². The van der Waals surface area contributed by atoms with Crippen molar-refractivity contribution in [2.45, 2.75) is 12.1 Å². The summed E-state index contributed by atoms with van der Waals surface area (Å²) in [6.07, 6.45) is 3.87. The zero-order valence-electron chi connectivity index (χ0n) is 21.4. The lowest BCUT2D eigenvalue weighted by molar-refractivity contribution is 0.156. The Hall–Kier alpha value is -4.25. The van der Waals surface area contributed by atoms with E-state index < -0.39 is 5.54 Å². The highest BCUT2D eigenvalue weighted by atomic mass is 15.2. The fourth-order valence-corrected chi connectivity index (χ4v) is 6.05. The zero-order chi connectivity index (χ0) is 25.8. The molecule has 0 radical (unpaired) electrons. The van der Waals surface area contributed by atoms with Crippen LogP contribution >= 0.6 is 0 Å². The number of fused-ring (bicyclic) bond motifs is 3. The average Bonchev–Trinajstić information content (AvgIpc) is 3.31. The number of hydrogen-bond acceptors (Lipinski definition) is 3. The summed E-state index contributed by atoms with van der Waals surface area (Å²) >= 11 is 0. The van der Waals surface area contributed by atoms with Gasteiger partial charge in [0.2, 0.25) is 0 Å². The number of nitrogens with zero attached hydrogens (tertiary/aromatic N) is 3. The molecular weight excluding hydrogens is 464 g/mol. The molecule has 0 atom stereocenters. The van der Waals surface area contributed by atoms with Gasteiger partial charge in [-0.25, -0.2) is 0 Å². The molecule has 6 aromatic rings. The number of rotatable bonds is 9. The normalized spacial score (nSPS) is 11.9. The predicted octanol–water partition coefficient (Wildman–Crippen LogP) is 6.44. The van der Waals surface area contributed by atoms with Crippen molar-refractivity contribution in [3.63, 3.8) is 0 Å². The summed E-state index contributed by atoms with van der Waals surface area (Å²) in [6.45, 7) is 2.92. The SMILES string of the molecule is NCCN(CCn1c2ccccc2c2ccncc21)C(c1ccccc1)(c1ccccc1)c1ccccc1. The molecule has 0 aliphatic heterocycles. The minimum Gasteiger partial charge on any atom is -0.338 e. The van der Waals surface area contributed by atoms with Crippen LogP contribution in [0.4, 0.5) is 0 Å². The van der Waals surface area contributed by atoms with Gasteiger partial charge in [-0.2, -0.15) is 0 Å². The van der Waals surface area contributed by atoms with Gasteiger partial charge in [0.15, 0.2) is 0 Å². The number of pyridine rings is 1. The Bertz CT molecular complexity index is 1480. The smallest absolute Gasteiger partial charge is 0.0974 e. The summed E-state index contributed by atoms with van der Waals surface area (Å²) in [6, 6.07) is 43.3. The van der Waals surface area contributed by atoms with Crippen molar-refractivity contribution in [3.8, 4) is 0 Å². The van der Waals surface area contributed by atoms with Crippen LogP contribution in [-0.2, 0) is 12.1 Å². The van der Waals surface area contributed by atoms with E-state index in [0.29, 0.717) is 6.54 Å². The fourth-order valence-electron chi connectivity index (χ4n) is 6.05. The van der Waals surface area contributed by atoms with E-state index in [2.05, 4.69) is 136 Å². The molecule has 0 unspecified atom stereocenters.